The lowest BCUT2D eigenvalue weighted by Gasteiger charge is -2.17. The molecule has 0 saturated carbocycles. The highest BCUT2D eigenvalue weighted by Crippen LogP contribution is 2.29. The van der Waals surface area contributed by atoms with Crippen molar-refractivity contribution in [3.05, 3.63) is 35.1 Å². The van der Waals surface area contributed by atoms with E-state index in [4.69, 9.17) is 10.8 Å². The number of hydrogen-bond donors (Lipinski definition) is 2. The van der Waals surface area contributed by atoms with Gasteiger partial charge in [-0.05, 0) is 24.5 Å². The second kappa shape index (κ2) is 5.86. The maximum Gasteiger partial charge on any atom is 0.307 e. The van der Waals surface area contributed by atoms with Crippen LogP contribution in [-0.2, 0) is 4.79 Å². The van der Waals surface area contributed by atoms with Crippen molar-refractivity contribution >= 4 is 5.97 Å². The van der Waals surface area contributed by atoms with Gasteiger partial charge in [0.1, 0.15) is 5.82 Å². The van der Waals surface area contributed by atoms with Crippen molar-refractivity contribution in [3.63, 3.8) is 0 Å². The lowest BCUT2D eigenvalue weighted by Crippen LogP contribution is -2.25. The number of carboxylic acid groups (broad SMARTS) is 1. The Morgan fingerprint density at radius 1 is 1.33 bits per heavy atom. The van der Waals surface area contributed by atoms with Crippen LogP contribution >= 0.6 is 0 Å². The van der Waals surface area contributed by atoms with Crippen molar-refractivity contribution in [3.8, 4) is 0 Å². The Bertz CT molecular complexity index is 451. The summed E-state index contributed by atoms with van der Waals surface area (Å²) in [6.07, 6.45) is -0.0525. The van der Waals surface area contributed by atoms with E-state index < -0.39 is 40.8 Å². The largest absolute Gasteiger partial charge is 0.481 e. The van der Waals surface area contributed by atoms with E-state index in [1.165, 1.54) is 6.92 Å². The van der Waals surface area contributed by atoms with Crippen molar-refractivity contribution in [1.82, 2.24) is 0 Å². The van der Waals surface area contributed by atoms with Crippen LogP contribution in [0.25, 0.3) is 0 Å². The fourth-order valence-corrected chi connectivity index (χ4v) is 1.84. The minimum Gasteiger partial charge on any atom is -0.481 e. The molecule has 2 atom stereocenters. The normalized spacial score (nSPS) is 14.3. The third-order valence-corrected chi connectivity index (χ3v) is 2.84. The van der Waals surface area contributed by atoms with E-state index >= 15 is 0 Å². The molecule has 0 bridgehead atoms. The van der Waals surface area contributed by atoms with Crippen LogP contribution in [0.1, 0.15) is 24.8 Å². The summed E-state index contributed by atoms with van der Waals surface area (Å²) in [5, 5.41) is 8.82. The van der Waals surface area contributed by atoms with E-state index in [-0.39, 0.29) is 13.0 Å². The van der Waals surface area contributed by atoms with Crippen LogP contribution in [0.5, 0.6) is 0 Å². The third kappa shape index (κ3) is 3.01. The number of carbonyl (C=O) groups is 1. The molecule has 1 aromatic carbocycles. The van der Waals surface area contributed by atoms with Crippen LogP contribution in [0.2, 0.25) is 0 Å². The Kier molecular flexibility index (Phi) is 4.72. The van der Waals surface area contributed by atoms with Gasteiger partial charge < -0.3 is 10.8 Å². The summed E-state index contributed by atoms with van der Waals surface area (Å²) in [7, 11) is 0. The molecule has 0 radical (unpaired) electrons. The summed E-state index contributed by atoms with van der Waals surface area (Å²) in [5.74, 6) is -6.14. The highest BCUT2D eigenvalue weighted by Gasteiger charge is 2.25. The van der Waals surface area contributed by atoms with E-state index in [9.17, 15) is 18.0 Å². The third-order valence-electron chi connectivity index (χ3n) is 2.84. The Hall–Kier alpha value is -1.56. The minimum atomic E-state index is -1.27. The molecule has 1 aromatic rings. The molecule has 0 fully saturated rings. The zero-order valence-corrected chi connectivity index (χ0v) is 9.79. The van der Waals surface area contributed by atoms with Crippen LogP contribution in [0.3, 0.4) is 0 Å². The van der Waals surface area contributed by atoms with Crippen LogP contribution in [0, 0.1) is 23.4 Å². The molecule has 0 saturated heterocycles. The highest BCUT2D eigenvalue weighted by atomic mass is 19.2. The van der Waals surface area contributed by atoms with E-state index in [0.717, 1.165) is 6.07 Å². The highest BCUT2D eigenvalue weighted by molar-refractivity contribution is 5.70. The lowest BCUT2D eigenvalue weighted by atomic mass is 9.89. The number of halogens is 3. The predicted molar refractivity (Wildman–Crippen MR) is 59.5 cm³/mol. The van der Waals surface area contributed by atoms with E-state index in [0.29, 0.717) is 6.07 Å². The Balaban J connectivity index is 3.00. The Morgan fingerprint density at radius 3 is 2.39 bits per heavy atom. The van der Waals surface area contributed by atoms with Gasteiger partial charge in [-0.25, -0.2) is 13.2 Å². The number of carboxylic acids is 1. The van der Waals surface area contributed by atoms with Gasteiger partial charge in [0.2, 0.25) is 0 Å². The fraction of sp³-hybridized carbons (Fsp3) is 0.417. The fourth-order valence-electron chi connectivity index (χ4n) is 1.84. The van der Waals surface area contributed by atoms with Crippen LogP contribution in [-0.4, -0.2) is 17.6 Å². The minimum absolute atomic E-state index is 0.0525. The van der Waals surface area contributed by atoms with Crippen molar-refractivity contribution in [2.24, 2.45) is 11.7 Å². The van der Waals surface area contributed by atoms with Gasteiger partial charge >= 0.3 is 5.97 Å². The average Bonchev–Trinajstić information content (AvgIpc) is 2.31. The predicted octanol–water partition coefficient (Wildman–Crippen LogP) is 2.26. The van der Waals surface area contributed by atoms with Gasteiger partial charge in [-0.2, -0.15) is 0 Å². The van der Waals surface area contributed by atoms with Gasteiger partial charge in [0.15, 0.2) is 11.6 Å². The van der Waals surface area contributed by atoms with Gasteiger partial charge in [-0.3, -0.25) is 4.79 Å². The second-order valence-electron chi connectivity index (χ2n) is 4.16. The summed E-state index contributed by atoms with van der Waals surface area (Å²) in [4.78, 5) is 10.8. The van der Waals surface area contributed by atoms with Crippen molar-refractivity contribution < 1.29 is 23.1 Å². The van der Waals surface area contributed by atoms with Crippen LogP contribution in [0.4, 0.5) is 13.2 Å². The number of aliphatic carboxylic acids is 1. The van der Waals surface area contributed by atoms with Crippen molar-refractivity contribution in [1.29, 1.82) is 0 Å². The molecule has 0 heterocycles. The summed E-state index contributed by atoms with van der Waals surface area (Å²) in [6.45, 7) is 1.30. The van der Waals surface area contributed by atoms with Crippen molar-refractivity contribution in [2.45, 2.75) is 19.3 Å². The van der Waals surface area contributed by atoms with Crippen molar-refractivity contribution in [2.75, 3.05) is 6.54 Å². The van der Waals surface area contributed by atoms with E-state index in [2.05, 4.69) is 0 Å². The quantitative estimate of drug-likeness (QED) is 0.799. The molecule has 6 heteroatoms. The van der Waals surface area contributed by atoms with Gasteiger partial charge in [-0.15, -0.1) is 0 Å². The topological polar surface area (TPSA) is 63.3 Å². The van der Waals surface area contributed by atoms with Gasteiger partial charge in [0, 0.05) is 12.1 Å². The Labute approximate surface area is 102 Å². The lowest BCUT2D eigenvalue weighted by molar-refractivity contribution is -0.141. The summed E-state index contributed by atoms with van der Waals surface area (Å²) in [6, 6.07) is 1.51. The summed E-state index contributed by atoms with van der Waals surface area (Å²) >= 11 is 0. The zero-order chi connectivity index (χ0) is 13.9. The molecular weight excluding hydrogens is 247 g/mol. The first-order valence-corrected chi connectivity index (χ1v) is 5.44. The SMILES string of the molecule is CC(CC(CN)C(=O)O)c1c(F)ccc(F)c1F. The van der Waals surface area contributed by atoms with E-state index in [1.807, 2.05) is 0 Å². The molecule has 3 nitrogen and oxygen atoms in total. The van der Waals surface area contributed by atoms with Gasteiger partial charge in [-0.1, -0.05) is 6.92 Å². The standard InChI is InChI=1S/C12H14F3NO2/c1-6(4-7(5-16)12(17)18)10-8(13)2-3-9(14)11(10)15/h2-3,6-7H,4-5,16H2,1H3,(H,17,18). The van der Waals surface area contributed by atoms with Gasteiger partial charge in [0.05, 0.1) is 5.92 Å². The van der Waals surface area contributed by atoms with Crippen LogP contribution < -0.4 is 5.73 Å². The molecule has 0 aliphatic carbocycles. The summed E-state index contributed by atoms with van der Waals surface area (Å²) in [5.41, 5.74) is 4.83. The maximum absolute atomic E-state index is 13.5. The molecule has 100 valence electrons. The number of rotatable bonds is 5. The molecular formula is C12H14F3NO2. The Morgan fingerprint density at radius 2 is 1.89 bits per heavy atom. The molecule has 0 aliphatic heterocycles. The van der Waals surface area contributed by atoms with Crippen LogP contribution in [0.15, 0.2) is 12.1 Å². The molecule has 0 aliphatic rings. The first kappa shape index (κ1) is 14.5. The van der Waals surface area contributed by atoms with E-state index in [1.54, 1.807) is 0 Å². The average molecular weight is 261 g/mol. The second-order valence-corrected chi connectivity index (χ2v) is 4.16. The summed E-state index contributed by atoms with van der Waals surface area (Å²) < 4.78 is 39.9. The first-order chi connectivity index (χ1) is 8.38. The monoisotopic (exact) mass is 261 g/mol. The molecule has 2 unspecified atom stereocenters. The first-order valence-electron chi connectivity index (χ1n) is 5.44. The number of benzene rings is 1. The molecule has 0 aromatic heterocycles. The van der Waals surface area contributed by atoms with Gasteiger partial charge in [0.25, 0.3) is 0 Å². The molecule has 3 N–H and O–H groups in total. The molecule has 0 amide bonds. The maximum atomic E-state index is 13.5. The zero-order valence-electron chi connectivity index (χ0n) is 9.79. The smallest absolute Gasteiger partial charge is 0.307 e. The molecule has 18 heavy (non-hydrogen) atoms. The number of nitrogens with two attached hydrogens (primary N) is 1. The molecule has 1 rings (SSSR count). The number of hydrogen-bond acceptors (Lipinski definition) is 2. The molecule has 0 spiro atoms.